The number of rotatable bonds is 2. The number of hydrogen-bond donors (Lipinski definition) is 0. The Morgan fingerprint density at radius 2 is 1.63 bits per heavy atom. The van der Waals surface area contributed by atoms with Gasteiger partial charge in [-0.15, -0.1) is 0 Å². The normalized spacial score (nSPS) is 19.3. The van der Waals surface area contributed by atoms with Crippen molar-refractivity contribution in [1.82, 2.24) is 4.90 Å². The molecule has 0 spiro atoms. The molecule has 2 rings (SSSR count). The third kappa shape index (κ3) is 2.88. The summed E-state index contributed by atoms with van der Waals surface area (Å²) in [6, 6.07) is 4.14. The highest BCUT2D eigenvalue weighted by Crippen LogP contribution is 2.38. The van der Waals surface area contributed by atoms with Crippen LogP contribution in [0, 0.1) is 0 Å². The molecule has 104 valence electrons. The molecule has 1 fully saturated rings. The minimum atomic E-state index is -4.41. The first-order chi connectivity index (χ1) is 8.85. The summed E-state index contributed by atoms with van der Waals surface area (Å²) in [6.45, 7) is 0.558. The van der Waals surface area contributed by atoms with E-state index in [1.165, 1.54) is 17.0 Å². The van der Waals surface area contributed by atoms with E-state index in [1.54, 1.807) is 0 Å². The van der Waals surface area contributed by atoms with Gasteiger partial charge in [0.2, 0.25) is 6.41 Å². The fourth-order valence-corrected chi connectivity index (χ4v) is 2.23. The molecule has 19 heavy (non-hydrogen) atoms. The maximum atomic E-state index is 14.6. The zero-order chi connectivity index (χ0) is 14.1. The summed E-state index contributed by atoms with van der Waals surface area (Å²) in [6.07, 6.45) is -3.54. The Kier molecular flexibility index (Phi) is 3.52. The van der Waals surface area contributed by atoms with Crippen LogP contribution in [0.4, 0.5) is 17.6 Å². The number of alkyl halides is 4. The Balaban J connectivity index is 2.16. The molecule has 0 saturated carbocycles. The number of piperidine rings is 1. The van der Waals surface area contributed by atoms with Crippen molar-refractivity contribution in [3.63, 3.8) is 0 Å². The van der Waals surface area contributed by atoms with Crippen molar-refractivity contribution in [2.45, 2.75) is 24.7 Å². The zero-order valence-corrected chi connectivity index (χ0v) is 10.1. The smallest absolute Gasteiger partial charge is 0.345 e. The fraction of sp³-hybridized carbons (Fsp3) is 0.462. The second-order valence-electron chi connectivity index (χ2n) is 4.68. The van der Waals surface area contributed by atoms with E-state index in [0.717, 1.165) is 12.1 Å². The zero-order valence-electron chi connectivity index (χ0n) is 10.1. The second kappa shape index (κ2) is 4.83. The molecule has 1 aromatic carbocycles. The summed E-state index contributed by atoms with van der Waals surface area (Å²) in [5, 5.41) is 0. The summed E-state index contributed by atoms with van der Waals surface area (Å²) < 4.78 is 51.9. The van der Waals surface area contributed by atoms with Crippen LogP contribution < -0.4 is 0 Å². The highest BCUT2D eigenvalue weighted by Gasteiger charge is 2.37. The Hall–Kier alpha value is -1.59. The van der Waals surface area contributed by atoms with Gasteiger partial charge in [0, 0.05) is 25.9 Å². The van der Waals surface area contributed by atoms with Gasteiger partial charge in [-0.2, -0.15) is 13.2 Å². The molecular formula is C13H13F4NO. The molecule has 1 amide bonds. The lowest BCUT2D eigenvalue weighted by molar-refractivity contribution is -0.137. The van der Waals surface area contributed by atoms with Crippen LogP contribution in [0.5, 0.6) is 0 Å². The van der Waals surface area contributed by atoms with Crippen molar-refractivity contribution in [1.29, 1.82) is 0 Å². The minimum absolute atomic E-state index is 0.108. The predicted molar refractivity (Wildman–Crippen MR) is 61.1 cm³/mol. The van der Waals surface area contributed by atoms with Crippen molar-refractivity contribution in [3.05, 3.63) is 35.4 Å². The lowest BCUT2D eigenvalue weighted by atomic mass is 9.86. The van der Waals surface area contributed by atoms with E-state index in [-0.39, 0.29) is 31.5 Å². The second-order valence-corrected chi connectivity index (χ2v) is 4.68. The number of hydrogen-bond acceptors (Lipinski definition) is 1. The summed E-state index contributed by atoms with van der Waals surface area (Å²) in [5.74, 6) is 0. The molecule has 1 aliphatic rings. The molecule has 0 bridgehead atoms. The number of carbonyl (C=O) groups is 1. The first kappa shape index (κ1) is 13.8. The van der Waals surface area contributed by atoms with Gasteiger partial charge in [0.05, 0.1) is 5.56 Å². The van der Waals surface area contributed by atoms with Crippen LogP contribution in [-0.4, -0.2) is 24.4 Å². The monoisotopic (exact) mass is 275 g/mol. The lowest BCUT2D eigenvalue weighted by Crippen LogP contribution is -2.39. The van der Waals surface area contributed by atoms with Gasteiger partial charge in [0.1, 0.15) is 5.67 Å². The molecule has 2 nitrogen and oxygen atoms in total. The first-order valence-corrected chi connectivity index (χ1v) is 5.91. The Morgan fingerprint density at radius 3 is 2.05 bits per heavy atom. The topological polar surface area (TPSA) is 20.3 Å². The largest absolute Gasteiger partial charge is 0.416 e. The molecule has 1 aliphatic heterocycles. The average molecular weight is 275 g/mol. The maximum absolute atomic E-state index is 14.6. The average Bonchev–Trinajstić information content (AvgIpc) is 2.39. The molecule has 0 N–H and O–H groups in total. The van der Waals surface area contributed by atoms with Gasteiger partial charge < -0.3 is 4.90 Å². The summed E-state index contributed by atoms with van der Waals surface area (Å²) >= 11 is 0. The highest BCUT2D eigenvalue weighted by molar-refractivity contribution is 5.47. The third-order valence-corrected chi connectivity index (χ3v) is 3.47. The highest BCUT2D eigenvalue weighted by atomic mass is 19.4. The number of carbonyl (C=O) groups excluding carboxylic acids is 1. The Labute approximate surface area is 108 Å². The van der Waals surface area contributed by atoms with Crippen molar-refractivity contribution in [2.75, 3.05) is 13.1 Å². The van der Waals surface area contributed by atoms with Crippen LogP contribution in [0.1, 0.15) is 24.0 Å². The minimum Gasteiger partial charge on any atom is -0.345 e. The van der Waals surface area contributed by atoms with Crippen molar-refractivity contribution >= 4 is 6.41 Å². The molecular weight excluding hydrogens is 262 g/mol. The van der Waals surface area contributed by atoms with E-state index in [1.807, 2.05) is 0 Å². The summed E-state index contributed by atoms with van der Waals surface area (Å²) in [5.41, 5.74) is -2.19. The number of likely N-dealkylation sites (tertiary alicyclic amines) is 1. The van der Waals surface area contributed by atoms with Crippen LogP contribution in [-0.2, 0) is 16.6 Å². The molecule has 1 saturated heterocycles. The van der Waals surface area contributed by atoms with Crippen LogP contribution in [0.25, 0.3) is 0 Å². The van der Waals surface area contributed by atoms with Crippen LogP contribution in [0.2, 0.25) is 0 Å². The lowest BCUT2D eigenvalue weighted by Gasteiger charge is -2.35. The molecule has 0 radical (unpaired) electrons. The van der Waals surface area contributed by atoms with E-state index in [0.29, 0.717) is 6.41 Å². The third-order valence-electron chi connectivity index (χ3n) is 3.47. The van der Waals surface area contributed by atoms with Crippen LogP contribution in [0.3, 0.4) is 0 Å². The standard InChI is InChI=1S/C13H13F4NO/c14-12(5-7-18(9-19)8-6-12)10-1-3-11(4-2-10)13(15,16)17/h1-4,9H,5-8H2. The van der Waals surface area contributed by atoms with Gasteiger partial charge in [0.25, 0.3) is 0 Å². The van der Waals surface area contributed by atoms with Crippen molar-refractivity contribution in [3.8, 4) is 0 Å². The van der Waals surface area contributed by atoms with E-state index in [2.05, 4.69) is 0 Å². The van der Waals surface area contributed by atoms with Crippen LogP contribution >= 0.6 is 0 Å². The van der Waals surface area contributed by atoms with E-state index < -0.39 is 17.4 Å². The Morgan fingerprint density at radius 1 is 1.11 bits per heavy atom. The van der Waals surface area contributed by atoms with E-state index in [9.17, 15) is 22.4 Å². The predicted octanol–water partition coefficient (Wildman–Crippen LogP) is 3.12. The molecule has 1 aromatic rings. The number of amides is 1. The summed E-state index contributed by atoms with van der Waals surface area (Å²) in [7, 11) is 0. The van der Waals surface area contributed by atoms with Gasteiger partial charge in [-0.25, -0.2) is 4.39 Å². The van der Waals surface area contributed by atoms with Gasteiger partial charge in [-0.1, -0.05) is 12.1 Å². The Bertz CT molecular complexity index is 447. The van der Waals surface area contributed by atoms with Crippen molar-refractivity contribution in [2.24, 2.45) is 0 Å². The molecule has 1 heterocycles. The van der Waals surface area contributed by atoms with E-state index >= 15 is 0 Å². The summed E-state index contributed by atoms with van der Waals surface area (Å²) in [4.78, 5) is 12.0. The molecule has 0 atom stereocenters. The molecule has 0 aromatic heterocycles. The van der Waals surface area contributed by atoms with Gasteiger partial charge in [0.15, 0.2) is 0 Å². The SMILES string of the molecule is O=CN1CCC(F)(c2ccc(C(F)(F)F)cc2)CC1. The number of nitrogens with zero attached hydrogens (tertiary/aromatic N) is 1. The number of benzene rings is 1. The first-order valence-electron chi connectivity index (χ1n) is 5.91. The molecule has 0 unspecified atom stereocenters. The number of halogens is 4. The van der Waals surface area contributed by atoms with Gasteiger partial charge in [-0.3, -0.25) is 4.79 Å². The van der Waals surface area contributed by atoms with Crippen LogP contribution in [0.15, 0.2) is 24.3 Å². The van der Waals surface area contributed by atoms with Gasteiger partial charge in [-0.05, 0) is 17.7 Å². The van der Waals surface area contributed by atoms with E-state index in [4.69, 9.17) is 0 Å². The molecule has 0 aliphatic carbocycles. The van der Waals surface area contributed by atoms with Crippen molar-refractivity contribution < 1.29 is 22.4 Å². The quantitative estimate of drug-likeness (QED) is 0.600. The fourth-order valence-electron chi connectivity index (χ4n) is 2.23. The maximum Gasteiger partial charge on any atom is 0.416 e. The molecule has 6 heteroatoms. The van der Waals surface area contributed by atoms with Gasteiger partial charge >= 0.3 is 6.18 Å².